The molecule has 0 saturated carbocycles. The highest BCUT2D eigenvalue weighted by molar-refractivity contribution is 6.33. The second-order valence-corrected chi connectivity index (χ2v) is 5.56. The summed E-state index contributed by atoms with van der Waals surface area (Å²) in [6.07, 6.45) is 1.69. The number of nitrogens with zero attached hydrogens (tertiary/aromatic N) is 2. The van der Waals surface area contributed by atoms with Crippen molar-refractivity contribution in [3.05, 3.63) is 38.9 Å². The first kappa shape index (κ1) is 17.4. The number of hydrogen-bond donors (Lipinski definition) is 0. The van der Waals surface area contributed by atoms with Gasteiger partial charge in [0.25, 0.3) is 11.6 Å². The molecule has 0 aliphatic heterocycles. The van der Waals surface area contributed by atoms with Gasteiger partial charge < -0.3 is 4.90 Å². The average Bonchev–Trinajstić information content (AvgIpc) is 2.46. The highest BCUT2D eigenvalue weighted by atomic mass is 35.5. The fourth-order valence-corrected chi connectivity index (χ4v) is 2.41. The summed E-state index contributed by atoms with van der Waals surface area (Å²) >= 11 is 5.89. The van der Waals surface area contributed by atoms with E-state index in [1.54, 1.807) is 0 Å². The van der Waals surface area contributed by atoms with E-state index in [4.69, 9.17) is 11.6 Å². The summed E-state index contributed by atoms with van der Waals surface area (Å²) in [4.78, 5) is 24.7. The Kier molecular flexibility index (Phi) is 6.15. The van der Waals surface area contributed by atoms with Crippen LogP contribution in [0.4, 0.5) is 5.69 Å². The number of carbonyl (C=O) groups excluding carboxylic acids is 1. The van der Waals surface area contributed by atoms with Gasteiger partial charge in [0.1, 0.15) is 5.02 Å². The van der Waals surface area contributed by atoms with Crippen molar-refractivity contribution in [2.75, 3.05) is 0 Å². The summed E-state index contributed by atoms with van der Waals surface area (Å²) in [6, 6.07) is 4.31. The van der Waals surface area contributed by atoms with Crippen molar-refractivity contribution in [2.45, 2.75) is 52.6 Å². The minimum Gasteiger partial charge on any atom is -0.333 e. The first-order chi connectivity index (χ1) is 9.83. The molecular formula is C15H21ClN2O3. The molecule has 0 spiro atoms. The lowest BCUT2D eigenvalue weighted by Crippen LogP contribution is -2.44. The van der Waals surface area contributed by atoms with Crippen molar-refractivity contribution in [1.29, 1.82) is 0 Å². The van der Waals surface area contributed by atoms with Gasteiger partial charge in [-0.1, -0.05) is 25.4 Å². The molecule has 1 rings (SSSR count). The minimum absolute atomic E-state index is 0.0147. The Morgan fingerprint density at radius 2 is 1.81 bits per heavy atom. The molecule has 1 amide bonds. The quantitative estimate of drug-likeness (QED) is 0.581. The molecule has 21 heavy (non-hydrogen) atoms. The molecule has 116 valence electrons. The summed E-state index contributed by atoms with van der Waals surface area (Å²) in [5.41, 5.74) is 0.193. The smallest absolute Gasteiger partial charge is 0.287 e. The van der Waals surface area contributed by atoms with Crippen molar-refractivity contribution < 1.29 is 9.72 Å². The largest absolute Gasteiger partial charge is 0.333 e. The molecule has 0 N–H and O–H groups in total. The number of nitro groups is 1. The molecular weight excluding hydrogens is 292 g/mol. The molecule has 0 aliphatic carbocycles. The average molecular weight is 313 g/mol. The van der Waals surface area contributed by atoms with Gasteiger partial charge in [-0.25, -0.2) is 0 Å². The van der Waals surface area contributed by atoms with Crippen LogP contribution >= 0.6 is 11.6 Å². The number of amides is 1. The van der Waals surface area contributed by atoms with Crippen LogP contribution in [0.15, 0.2) is 18.2 Å². The normalized spacial score (nSPS) is 13.6. The van der Waals surface area contributed by atoms with Gasteiger partial charge in [0, 0.05) is 23.7 Å². The van der Waals surface area contributed by atoms with Crippen LogP contribution in [0, 0.1) is 10.1 Å². The predicted molar refractivity (Wildman–Crippen MR) is 83.8 cm³/mol. The third-order valence-corrected chi connectivity index (χ3v) is 4.06. The summed E-state index contributed by atoms with van der Waals surface area (Å²) < 4.78 is 0. The second kappa shape index (κ2) is 7.41. The molecule has 0 saturated heterocycles. The van der Waals surface area contributed by atoms with Crippen LogP contribution in [-0.4, -0.2) is 27.8 Å². The van der Waals surface area contributed by atoms with Crippen molar-refractivity contribution >= 4 is 23.2 Å². The van der Waals surface area contributed by atoms with Crippen LogP contribution in [0.1, 0.15) is 50.9 Å². The minimum atomic E-state index is -0.558. The number of carbonyl (C=O) groups is 1. The fraction of sp³-hybridized carbons (Fsp3) is 0.533. The maximum atomic E-state index is 12.7. The number of nitro benzene ring substituents is 1. The van der Waals surface area contributed by atoms with E-state index in [-0.39, 0.29) is 28.7 Å². The zero-order valence-electron chi connectivity index (χ0n) is 12.8. The molecule has 0 fully saturated rings. The molecule has 0 radical (unpaired) electrons. The molecule has 0 aliphatic rings. The summed E-state index contributed by atoms with van der Waals surface area (Å²) in [7, 11) is 0. The maximum Gasteiger partial charge on any atom is 0.287 e. The highest BCUT2D eigenvalue weighted by Crippen LogP contribution is 2.26. The first-order valence-corrected chi connectivity index (χ1v) is 7.47. The van der Waals surface area contributed by atoms with Crippen LogP contribution in [0.3, 0.4) is 0 Å². The lowest BCUT2D eigenvalue weighted by molar-refractivity contribution is -0.384. The second-order valence-electron chi connectivity index (χ2n) is 5.15. The van der Waals surface area contributed by atoms with Gasteiger partial charge in [-0.2, -0.15) is 0 Å². The molecule has 1 aromatic rings. The maximum absolute atomic E-state index is 12.7. The van der Waals surface area contributed by atoms with E-state index >= 15 is 0 Å². The number of rotatable bonds is 6. The molecule has 0 aromatic heterocycles. The monoisotopic (exact) mass is 312 g/mol. The molecule has 6 heteroatoms. The Bertz CT molecular complexity index is 524. The third-order valence-electron chi connectivity index (χ3n) is 3.76. The fourth-order valence-electron chi connectivity index (χ4n) is 2.17. The van der Waals surface area contributed by atoms with Gasteiger partial charge in [-0.3, -0.25) is 14.9 Å². The van der Waals surface area contributed by atoms with Crippen LogP contribution in [0.25, 0.3) is 0 Å². The Morgan fingerprint density at radius 1 is 1.29 bits per heavy atom. The summed E-state index contributed by atoms with van der Waals surface area (Å²) in [5, 5.41) is 10.8. The van der Waals surface area contributed by atoms with Gasteiger partial charge in [-0.15, -0.1) is 0 Å². The van der Waals surface area contributed by atoms with Gasteiger partial charge in [-0.05, 0) is 38.8 Å². The Morgan fingerprint density at radius 3 is 2.19 bits per heavy atom. The van der Waals surface area contributed by atoms with E-state index in [0.29, 0.717) is 5.56 Å². The van der Waals surface area contributed by atoms with E-state index in [2.05, 4.69) is 0 Å². The Balaban J connectivity index is 3.15. The van der Waals surface area contributed by atoms with Crippen molar-refractivity contribution in [2.24, 2.45) is 0 Å². The van der Waals surface area contributed by atoms with Gasteiger partial charge in [0.05, 0.1) is 4.92 Å². The molecule has 5 nitrogen and oxygen atoms in total. The van der Waals surface area contributed by atoms with Crippen molar-refractivity contribution in [3.63, 3.8) is 0 Å². The zero-order valence-corrected chi connectivity index (χ0v) is 13.6. The SMILES string of the molecule is CCC(C)N(C(=O)c1ccc([N+](=O)[O-])c(Cl)c1)C(C)CC. The zero-order chi connectivity index (χ0) is 16.2. The summed E-state index contributed by atoms with van der Waals surface area (Å²) in [6.45, 7) is 8.04. The Labute approximate surface area is 130 Å². The van der Waals surface area contributed by atoms with E-state index < -0.39 is 4.92 Å². The molecule has 2 unspecified atom stereocenters. The van der Waals surface area contributed by atoms with Gasteiger partial charge in [0.2, 0.25) is 0 Å². The molecule has 0 heterocycles. The van der Waals surface area contributed by atoms with Crippen LogP contribution in [0.5, 0.6) is 0 Å². The van der Waals surface area contributed by atoms with E-state index in [1.165, 1.54) is 18.2 Å². The summed E-state index contributed by atoms with van der Waals surface area (Å²) in [5.74, 6) is -0.143. The number of halogens is 1. The van der Waals surface area contributed by atoms with Crippen LogP contribution < -0.4 is 0 Å². The van der Waals surface area contributed by atoms with Crippen LogP contribution in [0.2, 0.25) is 5.02 Å². The van der Waals surface area contributed by atoms with E-state index in [9.17, 15) is 14.9 Å². The van der Waals surface area contributed by atoms with Gasteiger partial charge >= 0.3 is 0 Å². The number of hydrogen-bond acceptors (Lipinski definition) is 3. The first-order valence-electron chi connectivity index (χ1n) is 7.10. The van der Waals surface area contributed by atoms with E-state index in [1.807, 2.05) is 32.6 Å². The van der Waals surface area contributed by atoms with Crippen molar-refractivity contribution in [3.8, 4) is 0 Å². The van der Waals surface area contributed by atoms with Crippen molar-refractivity contribution in [1.82, 2.24) is 4.90 Å². The standard InChI is InChI=1S/C15H21ClN2O3/c1-5-10(3)17(11(4)6-2)15(19)12-7-8-14(18(20)21)13(16)9-12/h7-11H,5-6H2,1-4H3. The number of benzene rings is 1. The third kappa shape index (κ3) is 3.94. The topological polar surface area (TPSA) is 63.5 Å². The van der Waals surface area contributed by atoms with Gasteiger partial charge in [0.15, 0.2) is 0 Å². The lowest BCUT2D eigenvalue weighted by atomic mass is 10.1. The van der Waals surface area contributed by atoms with E-state index in [0.717, 1.165) is 12.8 Å². The van der Waals surface area contributed by atoms with Crippen LogP contribution in [-0.2, 0) is 0 Å². The lowest BCUT2D eigenvalue weighted by Gasteiger charge is -2.34. The highest BCUT2D eigenvalue weighted by Gasteiger charge is 2.26. The molecule has 0 bridgehead atoms. The molecule has 1 aromatic carbocycles. The Hall–Kier alpha value is -1.62. The molecule has 2 atom stereocenters. The predicted octanol–water partition coefficient (Wildman–Crippen LogP) is 4.29.